The van der Waals surface area contributed by atoms with Gasteiger partial charge in [0.2, 0.25) is 0 Å². The summed E-state index contributed by atoms with van der Waals surface area (Å²) in [5.41, 5.74) is 0.0385. The maximum Gasteiger partial charge on any atom is 0.416 e. The van der Waals surface area contributed by atoms with E-state index in [2.05, 4.69) is 10.2 Å². The van der Waals surface area contributed by atoms with Crippen LogP contribution >= 0.6 is 0 Å². The molecule has 1 atom stereocenters. The third kappa shape index (κ3) is 4.11. The zero-order chi connectivity index (χ0) is 13.9. The first-order valence-corrected chi connectivity index (χ1v) is 6.16. The van der Waals surface area contributed by atoms with Crippen molar-refractivity contribution in [2.75, 3.05) is 38.6 Å². The van der Waals surface area contributed by atoms with Crippen molar-refractivity contribution < 1.29 is 17.9 Å². The number of nitrogens with one attached hydrogen (secondary N) is 1. The van der Waals surface area contributed by atoms with Gasteiger partial charge < -0.3 is 15.0 Å². The highest BCUT2D eigenvalue weighted by Crippen LogP contribution is 2.29. The van der Waals surface area contributed by atoms with Gasteiger partial charge in [-0.15, -0.1) is 0 Å². The minimum Gasteiger partial charge on any atom is -0.382 e. The molecule has 0 aromatic heterocycles. The van der Waals surface area contributed by atoms with Crippen LogP contribution in [0, 0.1) is 0 Å². The molecule has 6 heteroatoms. The van der Waals surface area contributed by atoms with Gasteiger partial charge in [-0.1, -0.05) is 0 Å². The van der Waals surface area contributed by atoms with Crippen molar-refractivity contribution in [2.45, 2.75) is 12.3 Å². The number of hydrogen-bond acceptors (Lipinski definition) is 3. The molecule has 0 spiro atoms. The van der Waals surface area contributed by atoms with E-state index < -0.39 is 11.7 Å². The van der Waals surface area contributed by atoms with E-state index in [1.807, 2.05) is 7.05 Å². The van der Waals surface area contributed by atoms with Crippen LogP contribution in [0.3, 0.4) is 0 Å². The second-order valence-electron chi connectivity index (χ2n) is 4.71. The lowest BCUT2D eigenvalue weighted by molar-refractivity contribution is -0.137. The van der Waals surface area contributed by atoms with Crippen LogP contribution in [-0.2, 0) is 10.9 Å². The molecule has 1 aliphatic heterocycles. The monoisotopic (exact) mass is 274 g/mol. The van der Waals surface area contributed by atoms with Crippen molar-refractivity contribution in [2.24, 2.45) is 0 Å². The number of rotatable bonds is 3. The molecule has 0 bridgehead atoms. The molecule has 1 fully saturated rings. The summed E-state index contributed by atoms with van der Waals surface area (Å²) in [5, 5.41) is 3.09. The number of alkyl halides is 3. The first-order valence-electron chi connectivity index (χ1n) is 6.16. The highest BCUT2D eigenvalue weighted by molar-refractivity contribution is 5.45. The molecule has 0 amide bonds. The molecule has 1 heterocycles. The molecule has 1 aromatic carbocycles. The largest absolute Gasteiger partial charge is 0.416 e. The van der Waals surface area contributed by atoms with Gasteiger partial charge in [-0.3, -0.25) is 0 Å². The molecule has 1 aliphatic rings. The highest BCUT2D eigenvalue weighted by Gasteiger charge is 2.29. The minimum atomic E-state index is -4.28. The third-order valence-corrected chi connectivity index (χ3v) is 3.09. The average Bonchev–Trinajstić information content (AvgIpc) is 2.36. The molecule has 0 radical (unpaired) electrons. The van der Waals surface area contributed by atoms with E-state index in [1.54, 1.807) is 0 Å². The molecule has 0 saturated carbocycles. The Labute approximate surface area is 110 Å². The van der Waals surface area contributed by atoms with Gasteiger partial charge in [0.05, 0.1) is 18.3 Å². The van der Waals surface area contributed by atoms with Gasteiger partial charge in [0.1, 0.15) is 0 Å². The smallest absolute Gasteiger partial charge is 0.382 e. The van der Waals surface area contributed by atoms with Crippen LogP contribution in [0.4, 0.5) is 18.9 Å². The number of benzene rings is 1. The van der Waals surface area contributed by atoms with Crippen molar-refractivity contribution in [3.8, 4) is 0 Å². The van der Waals surface area contributed by atoms with Crippen LogP contribution in [0.25, 0.3) is 0 Å². The van der Waals surface area contributed by atoms with Crippen molar-refractivity contribution in [1.29, 1.82) is 0 Å². The molecule has 2 rings (SSSR count). The maximum absolute atomic E-state index is 12.4. The quantitative estimate of drug-likeness (QED) is 0.916. The summed E-state index contributed by atoms with van der Waals surface area (Å²) in [7, 11) is 2.02. The zero-order valence-corrected chi connectivity index (χ0v) is 10.7. The van der Waals surface area contributed by atoms with E-state index in [9.17, 15) is 13.2 Å². The van der Waals surface area contributed by atoms with E-state index in [1.165, 1.54) is 12.1 Å². The minimum absolute atomic E-state index is 0.0704. The van der Waals surface area contributed by atoms with E-state index in [0.29, 0.717) is 18.8 Å². The number of ether oxygens (including phenoxy) is 1. The maximum atomic E-state index is 12.4. The van der Waals surface area contributed by atoms with Gasteiger partial charge in [-0.2, -0.15) is 13.2 Å². The van der Waals surface area contributed by atoms with Crippen LogP contribution in [0.2, 0.25) is 0 Å². The zero-order valence-electron chi connectivity index (χ0n) is 10.7. The highest BCUT2D eigenvalue weighted by atomic mass is 19.4. The van der Waals surface area contributed by atoms with Crippen LogP contribution in [0.5, 0.6) is 0 Å². The Hall–Kier alpha value is -1.27. The number of morpholine rings is 1. The van der Waals surface area contributed by atoms with Crippen molar-refractivity contribution in [3.05, 3.63) is 29.8 Å². The number of likely N-dealkylation sites (N-methyl/N-ethyl adjacent to an activating group) is 1. The average molecular weight is 274 g/mol. The Balaban J connectivity index is 1.86. The standard InChI is InChI=1S/C13H17F3N2O/c1-18-6-7-19-12(9-18)8-17-11-4-2-10(3-5-11)13(14,15)16/h2-5,12,17H,6-9H2,1H3. The second kappa shape index (κ2) is 5.79. The fourth-order valence-corrected chi connectivity index (χ4v) is 2.00. The van der Waals surface area contributed by atoms with Gasteiger partial charge in [0.15, 0.2) is 0 Å². The van der Waals surface area contributed by atoms with Crippen LogP contribution in [0.15, 0.2) is 24.3 Å². The van der Waals surface area contributed by atoms with Gasteiger partial charge >= 0.3 is 6.18 Å². The summed E-state index contributed by atoms with van der Waals surface area (Å²) in [4.78, 5) is 2.17. The molecular formula is C13H17F3N2O. The fraction of sp³-hybridized carbons (Fsp3) is 0.538. The summed E-state index contributed by atoms with van der Waals surface area (Å²) >= 11 is 0. The number of nitrogens with zero attached hydrogens (tertiary/aromatic N) is 1. The van der Waals surface area contributed by atoms with Crippen LogP contribution < -0.4 is 5.32 Å². The number of halogens is 3. The Morgan fingerprint density at radius 3 is 2.58 bits per heavy atom. The van der Waals surface area contributed by atoms with E-state index >= 15 is 0 Å². The predicted octanol–water partition coefficient (Wildman–Crippen LogP) is 2.45. The lowest BCUT2D eigenvalue weighted by atomic mass is 10.2. The normalized spacial score (nSPS) is 21.4. The van der Waals surface area contributed by atoms with Crippen molar-refractivity contribution >= 4 is 5.69 Å². The predicted molar refractivity (Wildman–Crippen MR) is 67.2 cm³/mol. The summed E-state index contributed by atoms with van der Waals surface area (Å²) in [5.74, 6) is 0. The van der Waals surface area contributed by atoms with Gasteiger partial charge in [0, 0.05) is 25.3 Å². The van der Waals surface area contributed by atoms with E-state index in [0.717, 1.165) is 25.2 Å². The Bertz CT molecular complexity index is 405. The SMILES string of the molecule is CN1CCOC(CNc2ccc(C(F)(F)F)cc2)C1. The topological polar surface area (TPSA) is 24.5 Å². The van der Waals surface area contributed by atoms with Gasteiger partial charge in [0.25, 0.3) is 0 Å². The second-order valence-corrected chi connectivity index (χ2v) is 4.71. The molecule has 1 N–H and O–H groups in total. The van der Waals surface area contributed by atoms with Crippen LogP contribution in [-0.4, -0.2) is 44.3 Å². The van der Waals surface area contributed by atoms with Gasteiger partial charge in [-0.25, -0.2) is 0 Å². The first-order chi connectivity index (χ1) is 8.95. The molecule has 106 valence electrons. The molecular weight excluding hydrogens is 257 g/mol. The Kier molecular flexibility index (Phi) is 4.31. The Morgan fingerprint density at radius 2 is 2.00 bits per heavy atom. The molecule has 1 unspecified atom stereocenters. The lowest BCUT2D eigenvalue weighted by Gasteiger charge is -2.30. The van der Waals surface area contributed by atoms with E-state index in [-0.39, 0.29) is 6.10 Å². The molecule has 0 aliphatic carbocycles. The van der Waals surface area contributed by atoms with Crippen molar-refractivity contribution in [3.63, 3.8) is 0 Å². The van der Waals surface area contributed by atoms with E-state index in [4.69, 9.17) is 4.74 Å². The summed E-state index contributed by atoms with van der Waals surface area (Å²) in [6.07, 6.45) is -4.21. The van der Waals surface area contributed by atoms with Crippen LogP contribution in [0.1, 0.15) is 5.56 Å². The Morgan fingerprint density at radius 1 is 1.32 bits per heavy atom. The fourth-order valence-electron chi connectivity index (χ4n) is 2.00. The molecule has 1 aromatic rings. The van der Waals surface area contributed by atoms with Gasteiger partial charge in [-0.05, 0) is 31.3 Å². The number of hydrogen-bond donors (Lipinski definition) is 1. The van der Waals surface area contributed by atoms with Crippen molar-refractivity contribution in [1.82, 2.24) is 4.90 Å². The summed E-state index contributed by atoms with van der Waals surface area (Å²) in [6, 6.07) is 5.04. The number of anilines is 1. The third-order valence-electron chi connectivity index (χ3n) is 3.09. The molecule has 3 nitrogen and oxygen atoms in total. The summed E-state index contributed by atoms with van der Waals surface area (Å²) < 4.78 is 42.7. The summed E-state index contributed by atoms with van der Waals surface area (Å²) in [6.45, 7) is 3.02. The first kappa shape index (κ1) is 14.1. The molecule has 1 saturated heterocycles. The molecule has 19 heavy (non-hydrogen) atoms. The lowest BCUT2D eigenvalue weighted by Crippen LogP contribution is -2.43.